The van der Waals surface area contributed by atoms with Crippen LogP contribution in [0.15, 0.2) is 60.7 Å². The van der Waals surface area contributed by atoms with Crippen molar-refractivity contribution in [1.82, 2.24) is 0 Å². The lowest BCUT2D eigenvalue weighted by atomic mass is 10.1. The van der Waals surface area contributed by atoms with Gasteiger partial charge in [-0.25, -0.2) is 0 Å². The molecular formula is C21H20Cl2O. The number of carbonyl (C=O) groups excluding carboxylic acids is 1. The van der Waals surface area contributed by atoms with Crippen LogP contribution in [0.5, 0.6) is 0 Å². The van der Waals surface area contributed by atoms with E-state index in [1.165, 1.54) is 0 Å². The number of rotatable bonds is 8. The van der Waals surface area contributed by atoms with Crippen molar-refractivity contribution in [2.45, 2.75) is 25.7 Å². The zero-order valence-corrected chi connectivity index (χ0v) is 14.9. The zero-order valence-electron chi connectivity index (χ0n) is 13.4. The Hall–Kier alpha value is -1.83. The first-order valence-electron chi connectivity index (χ1n) is 7.99. The molecule has 1 nitrogen and oxygen atoms in total. The van der Waals surface area contributed by atoms with Crippen molar-refractivity contribution in [3.8, 4) is 0 Å². The third-order valence-corrected chi connectivity index (χ3v) is 4.04. The lowest BCUT2D eigenvalue weighted by Gasteiger charge is -1.97. The van der Waals surface area contributed by atoms with Gasteiger partial charge in [-0.2, -0.15) is 0 Å². The average Bonchev–Trinajstić information content (AvgIpc) is 2.59. The van der Waals surface area contributed by atoms with Gasteiger partial charge in [-0.3, -0.25) is 4.79 Å². The fraction of sp³-hybridized carbons (Fsp3) is 0.190. The Bertz CT molecular complexity index is 636. The number of ketones is 1. The van der Waals surface area contributed by atoms with Gasteiger partial charge in [-0.05, 0) is 48.2 Å². The maximum absolute atomic E-state index is 11.9. The summed E-state index contributed by atoms with van der Waals surface area (Å²) >= 11 is 11.7. The Morgan fingerprint density at radius 3 is 1.46 bits per heavy atom. The molecule has 0 saturated heterocycles. The molecule has 0 fully saturated rings. The first kappa shape index (κ1) is 18.5. The van der Waals surface area contributed by atoms with E-state index in [4.69, 9.17) is 23.2 Å². The molecule has 0 saturated carbocycles. The fourth-order valence-corrected chi connectivity index (χ4v) is 2.45. The SMILES string of the molecule is O=C(CCC=Cc1ccc(Cl)cc1)CCC=Cc1ccc(Cl)cc1. The van der Waals surface area contributed by atoms with Crippen molar-refractivity contribution in [3.63, 3.8) is 0 Å². The molecule has 0 aliphatic carbocycles. The topological polar surface area (TPSA) is 17.1 Å². The van der Waals surface area contributed by atoms with Gasteiger partial charge in [0, 0.05) is 22.9 Å². The van der Waals surface area contributed by atoms with Gasteiger partial charge in [0.1, 0.15) is 5.78 Å². The molecule has 2 rings (SSSR count). The standard InChI is InChI=1S/C21H20Cl2O/c22-19-13-9-17(10-14-19)5-1-3-7-21(24)8-4-2-6-18-11-15-20(23)16-12-18/h1-2,5-6,9-16H,3-4,7-8H2. The minimum atomic E-state index is 0.288. The second kappa shape index (κ2) is 10.1. The molecule has 3 heteroatoms. The van der Waals surface area contributed by atoms with Gasteiger partial charge in [0.15, 0.2) is 0 Å². The smallest absolute Gasteiger partial charge is 0.133 e. The third kappa shape index (κ3) is 7.16. The second-order valence-corrected chi connectivity index (χ2v) is 6.40. The third-order valence-electron chi connectivity index (χ3n) is 3.54. The monoisotopic (exact) mass is 358 g/mol. The highest BCUT2D eigenvalue weighted by Gasteiger charge is 1.98. The molecule has 0 N–H and O–H groups in total. The minimum absolute atomic E-state index is 0.288. The molecule has 0 unspecified atom stereocenters. The Labute approximate surface area is 153 Å². The summed E-state index contributed by atoms with van der Waals surface area (Å²) in [7, 11) is 0. The Kier molecular flexibility index (Phi) is 7.81. The van der Waals surface area contributed by atoms with E-state index >= 15 is 0 Å². The molecule has 0 aliphatic heterocycles. The predicted octanol–water partition coefficient (Wildman–Crippen LogP) is 6.85. The molecule has 0 aliphatic rings. The number of hydrogen-bond donors (Lipinski definition) is 0. The van der Waals surface area contributed by atoms with Crippen molar-refractivity contribution in [2.24, 2.45) is 0 Å². The highest BCUT2D eigenvalue weighted by atomic mass is 35.5. The van der Waals surface area contributed by atoms with E-state index in [-0.39, 0.29) is 5.78 Å². The lowest BCUT2D eigenvalue weighted by Crippen LogP contribution is -1.95. The van der Waals surface area contributed by atoms with E-state index in [0.29, 0.717) is 12.8 Å². The van der Waals surface area contributed by atoms with Crippen molar-refractivity contribution < 1.29 is 4.79 Å². The Morgan fingerprint density at radius 1 is 0.708 bits per heavy atom. The fourth-order valence-electron chi connectivity index (χ4n) is 2.20. The zero-order chi connectivity index (χ0) is 17.2. The summed E-state index contributed by atoms with van der Waals surface area (Å²) < 4.78 is 0. The summed E-state index contributed by atoms with van der Waals surface area (Å²) in [5, 5.41) is 1.46. The minimum Gasteiger partial charge on any atom is -0.300 e. The van der Waals surface area contributed by atoms with Crippen LogP contribution in [0.1, 0.15) is 36.8 Å². The van der Waals surface area contributed by atoms with Crippen LogP contribution in [-0.2, 0) is 4.79 Å². The largest absolute Gasteiger partial charge is 0.300 e. The van der Waals surface area contributed by atoms with Crippen molar-refractivity contribution in [1.29, 1.82) is 0 Å². The van der Waals surface area contributed by atoms with Crippen molar-refractivity contribution in [3.05, 3.63) is 81.9 Å². The molecule has 0 radical (unpaired) electrons. The van der Waals surface area contributed by atoms with E-state index in [9.17, 15) is 4.79 Å². The molecule has 124 valence electrons. The van der Waals surface area contributed by atoms with E-state index in [0.717, 1.165) is 34.0 Å². The lowest BCUT2D eigenvalue weighted by molar-refractivity contribution is -0.118. The number of halogens is 2. The Morgan fingerprint density at radius 2 is 1.08 bits per heavy atom. The summed E-state index contributed by atoms with van der Waals surface area (Å²) in [5.41, 5.74) is 2.19. The molecule has 2 aromatic rings. The summed E-state index contributed by atoms with van der Waals surface area (Å²) in [6.45, 7) is 0. The molecule has 0 aromatic heterocycles. The summed E-state index contributed by atoms with van der Waals surface area (Å²) in [6, 6.07) is 15.3. The Balaban J connectivity index is 1.64. The first-order chi connectivity index (χ1) is 11.6. The summed E-state index contributed by atoms with van der Waals surface area (Å²) in [6.07, 6.45) is 10.8. The van der Waals surface area contributed by atoms with Crippen LogP contribution in [0.25, 0.3) is 12.2 Å². The van der Waals surface area contributed by atoms with Gasteiger partial charge in [0.05, 0.1) is 0 Å². The van der Waals surface area contributed by atoms with Crippen molar-refractivity contribution >= 4 is 41.1 Å². The summed E-state index contributed by atoms with van der Waals surface area (Å²) in [5.74, 6) is 0.288. The average molecular weight is 359 g/mol. The highest BCUT2D eigenvalue weighted by Crippen LogP contribution is 2.12. The quantitative estimate of drug-likeness (QED) is 0.504. The van der Waals surface area contributed by atoms with Crippen LogP contribution in [-0.4, -0.2) is 5.78 Å². The molecule has 0 spiro atoms. The molecule has 0 heterocycles. The van der Waals surface area contributed by atoms with Gasteiger partial charge >= 0.3 is 0 Å². The molecule has 24 heavy (non-hydrogen) atoms. The first-order valence-corrected chi connectivity index (χ1v) is 8.75. The highest BCUT2D eigenvalue weighted by molar-refractivity contribution is 6.30. The van der Waals surface area contributed by atoms with Crippen LogP contribution in [0, 0.1) is 0 Å². The normalized spacial score (nSPS) is 11.4. The second-order valence-electron chi connectivity index (χ2n) is 5.52. The van der Waals surface area contributed by atoms with E-state index < -0.39 is 0 Å². The number of allylic oxidation sites excluding steroid dienone is 2. The maximum atomic E-state index is 11.9. The van der Waals surface area contributed by atoms with Gasteiger partial charge in [0.25, 0.3) is 0 Å². The van der Waals surface area contributed by atoms with Crippen LogP contribution in [0.2, 0.25) is 10.0 Å². The van der Waals surface area contributed by atoms with E-state index in [1.807, 2.05) is 72.8 Å². The van der Waals surface area contributed by atoms with Gasteiger partial charge < -0.3 is 0 Å². The molecule has 2 aromatic carbocycles. The molecule has 0 amide bonds. The van der Waals surface area contributed by atoms with E-state index in [2.05, 4.69) is 0 Å². The van der Waals surface area contributed by atoms with Crippen molar-refractivity contribution in [2.75, 3.05) is 0 Å². The van der Waals surface area contributed by atoms with Gasteiger partial charge in [-0.1, -0.05) is 71.8 Å². The predicted molar refractivity (Wildman–Crippen MR) is 104 cm³/mol. The number of Topliss-reactive ketones (excluding diaryl/α,β-unsaturated/α-hetero) is 1. The number of carbonyl (C=O) groups is 1. The van der Waals surface area contributed by atoms with Gasteiger partial charge in [0.2, 0.25) is 0 Å². The molecular weight excluding hydrogens is 339 g/mol. The van der Waals surface area contributed by atoms with E-state index in [1.54, 1.807) is 0 Å². The molecule has 0 bridgehead atoms. The summed E-state index contributed by atoms with van der Waals surface area (Å²) in [4.78, 5) is 11.9. The number of benzene rings is 2. The molecule has 0 atom stereocenters. The van der Waals surface area contributed by atoms with Crippen LogP contribution < -0.4 is 0 Å². The van der Waals surface area contributed by atoms with Crippen LogP contribution in [0.3, 0.4) is 0 Å². The maximum Gasteiger partial charge on any atom is 0.133 e. The number of hydrogen-bond acceptors (Lipinski definition) is 1. The van der Waals surface area contributed by atoms with Gasteiger partial charge in [-0.15, -0.1) is 0 Å². The van der Waals surface area contributed by atoms with Crippen LogP contribution in [0.4, 0.5) is 0 Å². The van der Waals surface area contributed by atoms with Crippen LogP contribution >= 0.6 is 23.2 Å².